The summed E-state index contributed by atoms with van der Waals surface area (Å²) >= 11 is 0. The lowest BCUT2D eigenvalue weighted by Gasteiger charge is -2.08. The van der Waals surface area contributed by atoms with E-state index < -0.39 is 0 Å². The van der Waals surface area contributed by atoms with Crippen LogP contribution >= 0.6 is 0 Å². The van der Waals surface area contributed by atoms with Crippen LogP contribution in [0.5, 0.6) is 0 Å². The van der Waals surface area contributed by atoms with Gasteiger partial charge in [0.15, 0.2) is 0 Å². The largest absolute Gasteiger partial charge is 0.428 e. The summed E-state index contributed by atoms with van der Waals surface area (Å²) in [4.78, 5) is 23.3. The van der Waals surface area contributed by atoms with Gasteiger partial charge in [0.05, 0.1) is 12.2 Å². The van der Waals surface area contributed by atoms with Crippen LogP contribution in [0.15, 0.2) is 0 Å². The van der Waals surface area contributed by atoms with E-state index in [1.807, 2.05) is 13.8 Å². The Morgan fingerprint density at radius 3 is 1.26 bits per heavy atom. The van der Waals surface area contributed by atoms with Crippen LogP contribution in [0.4, 0.5) is 0 Å². The van der Waals surface area contributed by atoms with Crippen LogP contribution in [-0.2, 0) is 19.1 Å². The van der Waals surface area contributed by atoms with E-state index in [0.717, 1.165) is 103 Å². The molecule has 0 spiro atoms. The van der Waals surface area contributed by atoms with Crippen molar-refractivity contribution in [2.75, 3.05) is 6.79 Å². The molecule has 2 N–H and O–H groups in total. The molecule has 184 valence electrons. The Labute approximate surface area is 190 Å². The molecule has 0 aliphatic carbocycles. The molecule has 0 aromatic carbocycles. The summed E-state index contributed by atoms with van der Waals surface area (Å²) in [7, 11) is 0. The summed E-state index contributed by atoms with van der Waals surface area (Å²) in [5.41, 5.74) is 0. The van der Waals surface area contributed by atoms with Crippen molar-refractivity contribution in [3.8, 4) is 0 Å². The minimum Gasteiger partial charge on any atom is -0.428 e. The lowest BCUT2D eigenvalue weighted by atomic mass is 10.1. The third-order valence-electron chi connectivity index (χ3n) is 5.72. The van der Waals surface area contributed by atoms with Crippen LogP contribution in [0.2, 0.25) is 0 Å². The molecule has 0 aromatic rings. The normalized spacial score (nSPS) is 13.0. The van der Waals surface area contributed by atoms with Crippen LogP contribution in [0.1, 0.15) is 129 Å². The fourth-order valence-corrected chi connectivity index (χ4v) is 3.43. The van der Waals surface area contributed by atoms with Gasteiger partial charge in [-0.1, -0.05) is 78.1 Å². The molecule has 0 bridgehead atoms. The second-order valence-electron chi connectivity index (χ2n) is 8.59. The molecular weight excluding hydrogens is 396 g/mol. The van der Waals surface area contributed by atoms with Crippen molar-refractivity contribution in [3.63, 3.8) is 0 Å². The Morgan fingerprint density at radius 2 is 0.903 bits per heavy atom. The minimum atomic E-state index is -0.313. The molecule has 31 heavy (non-hydrogen) atoms. The molecule has 0 radical (unpaired) electrons. The van der Waals surface area contributed by atoms with E-state index in [4.69, 9.17) is 9.47 Å². The second-order valence-corrected chi connectivity index (χ2v) is 8.59. The number of hydrogen-bond acceptors (Lipinski definition) is 6. The summed E-state index contributed by atoms with van der Waals surface area (Å²) in [6.45, 7) is 3.71. The zero-order valence-corrected chi connectivity index (χ0v) is 20.1. The topological polar surface area (TPSA) is 93.1 Å². The highest BCUT2D eigenvalue weighted by Crippen LogP contribution is 2.12. The van der Waals surface area contributed by atoms with Gasteiger partial charge in [0.25, 0.3) is 0 Å². The summed E-state index contributed by atoms with van der Waals surface area (Å²) in [6, 6.07) is 0. The van der Waals surface area contributed by atoms with Gasteiger partial charge in [0.2, 0.25) is 6.79 Å². The number of aliphatic hydroxyl groups excluding tert-OH is 2. The van der Waals surface area contributed by atoms with E-state index in [2.05, 4.69) is 0 Å². The van der Waals surface area contributed by atoms with Gasteiger partial charge in [-0.25, -0.2) is 0 Å². The minimum absolute atomic E-state index is 0.162. The summed E-state index contributed by atoms with van der Waals surface area (Å²) in [6.07, 6.45) is 16.2. The predicted molar refractivity (Wildman–Crippen MR) is 124 cm³/mol. The van der Waals surface area contributed by atoms with Crippen LogP contribution < -0.4 is 0 Å². The molecule has 2 atom stereocenters. The first-order chi connectivity index (χ1) is 15.0. The van der Waals surface area contributed by atoms with Gasteiger partial charge in [-0.05, 0) is 38.5 Å². The number of ether oxygens (including phenoxy) is 2. The Hall–Kier alpha value is -1.14. The van der Waals surface area contributed by atoms with Crippen LogP contribution in [0.25, 0.3) is 0 Å². The van der Waals surface area contributed by atoms with Crippen molar-refractivity contribution in [2.24, 2.45) is 0 Å². The quantitative estimate of drug-likeness (QED) is 0.124. The van der Waals surface area contributed by atoms with E-state index in [0.29, 0.717) is 12.8 Å². The summed E-state index contributed by atoms with van der Waals surface area (Å²) in [5.74, 6) is -0.626. The Balaban J connectivity index is 3.37. The van der Waals surface area contributed by atoms with Crippen molar-refractivity contribution in [1.29, 1.82) is 0 Å². The SMILES string of the molecule is CCC(O)CCCCCCCCC(=O)OCOC(=O)CCCCCCCCC(O)CC. The Morgan fingerprint density at radius 1 is 0.581 bits per heavy atom. The molecule has 6 nitrogen and oxygen atoms in total. The smallest absolute Gasteiger partial charge is 0.308 e. The zero-order chi connectivity index (χ0) is 23.2. The number of unbranched alkanes of at least 4 members (excludes halogenated alkanes) is 10. The first kappa shape index (κ1) is 29.9. The molecule has 0 aliphatic rings. The molecule has 0 rings (SSSR count). The number of aliphatic hydroxyl groups is 2. The highest BCUT2D eigenvalue weighted by molar-refractivity contribution is 5.70. The van der Waals surface area contributed by atoms with E-state index in [1.54, 1.807) is 0 Å². The molecule has 0 aromatic heterocycles. The van der Waals surface area contributed by atoms with Crippen molar-refractivity contribution in [2.45, 2.75) is 142 Å². The van der Waals surface area contributed by atoms with E-state index in [1.165, 1.54) is 0 Å². The van der Waals surface area contributed by atoms with Crippen LogP contribution in [-0.4, -0.2) is 41.2 Å². The highest BCUT2D eigenvalue weighted by Gasteiger charge is 2.07. The fraction of sp³-hybridized carbons (Fsp3) is 0.920. The lowest BCUT2D eigenvalue weighted by molar-refractivity contribution is -0.167. The Bertz CT molecular complexity index is 388. The van der Waals surface area contributed by atoms with Crippen molar-refractivity contribution >= 4 is 11.9 Å². The van der Waals surface area contributed by atoms with Gasteiger partial charge in [-0.3, -0.25) is 9.59 Å². The van der Waals surface area contributed by atoms with Gasteiger partial charge < -0.3 is 19.7 Å². The number of carbonyl (C=O) groups excluding carboxylic acids is 2. The lowest BCUT2D eigenvalue weighted by Crippen LogP contribution is -2.12. The highest BCUT2D eigenvalue weighted by atomic mass is 16.7. The fourth-order valence-electron chi connectivity index (χ4n) is 3.43. The van der Waals surface area contributed by atoms with Gasteiger partial charge in [-0.15, -0.1) is 0 Å². The first-order valence-electron chi connectivity index (χ1n) is 12.7. The molecule has 0 heterocycles. The van der Waals surface area contributed by atoms with E-state index >= 15 is 0 Å². The maximum absolute atomic E-state index is 11.7. The van der Waals surface area contributed by atoms with E-state index in [-0.39, 0.29) is 30.9 Å². The summed E-state index contributed by atoms with van der Waals surface area (Å²) in [5, 5.41) is 19.0. The third kappa shape index (κ3) is 21.9. The van der Waals surface area contributed by atoms with E-state index in [9.17, 15) is 19.8 Å². The van der Waals surface area contributed by atoms with Gasteiger partial charge >= 0.3 is 11.9 Å². The molecule has 0 saturated carbocycles. The first-order valence-corrected chi connectivity index (χ1v) is 12.7. The Kier molecular flexibility index (Phi) is 21.3. The van der Waals surface area contributed by atoms with Gasteiger partial charge in [-0.2, -0.15) is 0 Å². The van der Waals surface area contributed by atoms with Crippen molar-refractivity contribution in [1.82, 2.24) is 0 Å². The maximum Gasteiger partial charge on any atom is 0.308 e. The molecule has 0 aliphatic heterocycles. The third-order valence-corrected chi connectivity index (χ3v) is 5.72. The monoisotopic (exact) mass is 444 g/mol. The average Bonchev–Trinajstić information content (AvgIpc) is 2.76. The maximum atomic E-state index is 11.7. The molecule has 0 fully saturated rings. The molecule has 0 amide bonds. The average molecular weight is 445 g/mol. The van der Waals surface area contributed by atoms with Crippen molar-refractivity contribution < 1.29 is 29.3 Å². The second kappa shape index (κ2) is 22.1. The molecular formula is C25H48O6. The van der Waals surface area contributed by atoms with Gasteiger partial charge in [0.1, 0.15) is 0 Å². The van der Waals surface area contributed by atoms with Crippen LogP contribution in [0, 0.1) is 0 Å². The van der Waals surface area contributed by atoms with Crippen LogP contribution in [0.3, 0.4) is 0 Å². The standard InChI is InChI=1S/C25H48O6/c1-3-22(26)17-13-9-5-7-11-15-19-24(28)30-21-31-25(29)20-16-12-8-6-10-14-18-23(27)4-2/h22-23,26-27H,3-21H2,1-2H3. The summed E-state index contributed by atoms with van der Waals surface area (Å²) < 4.78 is 9.93. The number of esters is 2. The molecule has 2 unspecified atom stereocenters. The van der Waals surface area contributed by atoms with Gasteiger partial charge in [0, 0.05) is 12.8 Å². The molecule has 6 heteroatoms. The zero-order valence-electron chi connectivity index (χ0n) is 20.1. The number of carbonyl (C=O) groups is 2. The molecule has 0 saturated heterocycles. The number of rotatable bonds is 22. The predicted octanol–water partition coefficient (Wildman–Crippen LogP) is 5.81. The number of hydrogen-bond donors (Lipinski definition) is 2. The van der Waals surface area contributed by atoms with Crippen molar-refractivity contribution in [3.05, 3.63) is 0 Å².